The number of hydrogen-bond acceptors (Lipinski definition) is 4. The van der Waals surface area contributed by atoms with Crippen molar-refractivity contribution in [1.82, 2.24) is 4.90 Å². The lowest BCUT2D eigenvalue weighted by Gasteiger charge is -2.36. The van der Waals surface area contributed by atoms with Gasteiger partial charge in [-0.05, 0) is 18.2 Å². The van der Waals surface area contributed by atoms with E-state index in [0.717, 1.165) is 13.1 Å². The van der Waals surface area contributed by atoms with Crippen LogP contribution in [-0.2, 0) is 0 Å². The number of benzene rings is 2. The van der Waals surface area contributed by atoms with Gasteiger partial charge in [-0.25, -0.2) is 4.79 Å². The van der Waals surface area contributed by atoms with E-state index in [-0.39, 0.29) is 6.03 Å². The predicted molar refractivity (Wildman–Crippen MR) is 104 cm³/mol. The first-order chi connectivity index (χ1) is 12.6. The molecule has 1 fully saturated rings. The molecule has 7 heteroatoms. The van der Waals surface area contributed by atoms with Crippen LogP contribution in [-0.4, -0.2) is 51.3 Å². The highest BCUT2D eigenvalue weighted by molar-refractivity contribution is 6.32. The number of rotatable bonds is 4. The van der Waals surface area contributed by atoms with Crippen LogP contribution in [0, 0.1) is 0 Å². The van der Waals surface area contributed by atoms with Crippen molar-refractivity contribution in [3.05, 3.63) is 47.5 Å². The molecule has 1 aliphatic heterocycles. The van der Waals surface area contributed by atoms with Crippen molar-refractivity contribution in [1.29, 1.82) is 0 Å². The number of piperazine rings is 1. The number of ether oxygens (including phenoxy) is 2. The maximum atomic E-state index is 12.6. The highest BCUT2D eigenvalue weighted by atomic mass is 35.5. The second-order valence-electron chi connectivity index (χ2n) is 5.93. The average Bonchev–Trinajstić information content (AvgIpc) is 2.69. The molecular formula is C19H22ClN3O3. The number of urea groups is 1. The molecule has 0 unspecified atom stereocenters. The fraction of sp³-hybridized carbons (Fsp3) is 0.316. The Morgan fingerprint density at radius 1 is 1.00 bits per heavy atom. The van der Waals surface area contributed by atoms with Crippen LogP contribution in [0.3, 0.4) is 0 Å². The number of halogens is 1. The van der Waals surface area contributed by atoms with Gasteiger partial charge in [-0.2, -0.15) is 0 Å². The Hall–Kier alpha value is -2.60. The maximum Gasteiger partial charge on any atom is 0.322 e. The Kier molecular flexibility index (Phi) is 5.73. The normalized spacial score (nSPS) is 14.1. The molecule has 1 heterocycles. The van der Waals surface area contributed by atoms with Crippen molar-refractivity contribution in [2.75, 3.05) is 50.6 Å². The summed E-state index contributed by atoms with van der Waals surface area (Å²) >= 11 is 6.16. The van der Waals surface area contributed by atoms with Gasteiger partial charge >= 0.3 is 6.03 Å². The van der Waals surface area contributed by atoms with E-state index in [9.17, 15) is 4.79 Å². The molecule has 26 heavy (non-hydrogen) atoms. The van der Waals surface area contributed by atoms with Crippen LogP contribution < -0.4 is 19.7 Å². The Balaban J connectivity index is 1.64. The molecule has 1 saturated heterocycles. The first kappa shape index (κ1) is 18.2. The highest BCUT2D eigenvalue weighted by Crippen LogP contribution is 2.36. The van der Waals surface area contributed by atoms with Gasteiger partial charge in [-0.15, -0.1) is 0 Å². The van der Waals surface area contributed by atoms with Crippen LogP contribution in [0.15, 0.2) is 42.5 Å². The van der Waals surface area contributed by atoms with Crippen LogP contribution in [0.5, 0.6) is 11.5 Å². The molecule has 0 saturated carbocycles. The molecule has 0 spiro atoms. The van der Waals surface area contributed by atoms with Gasteiger partial charge in [-0.1, -0.05) is 29.8 Å². The number of hydrogen-bond donors (Lipinski definition) is 1. The zero-order valence-corrected chi connectivity index (χ0v) is 15.6. The molecular weight excluding hydrogens is 354 g/mol. The van der Waals surface area contributed by atoms with E-state index in [0.29, 0.717) is 35.3 Å². The number of amides is 2. The van der Waals surface area contributed by atoms with Crippen molar-refractivity contribution in [2.24, 2.45) is 0 Å². The van der Waals surface area contributed by atoms with Crippen LogP contribution in [0.4, 0.5) is 16.2 Å². The van der Waals surface area contributed by atoms with Gasteiger partial charge in [0.15, 0.2) is 0 Å². The van der Waals surface area contributed by atoms with E-state index < -0.39 is 0 Å². The number of nitrogens with one attached hydrogen (secondary N) is 1. The molecule has 0 radical (unpaired) electrons. The summed E-state index contributed by atoms with van der Waals surface area (Å²) in [5.74, 6) is 1.00. The molecule has 0 atom stereocenters. The summed E-state index contributed by atoms with van der Waals surface area (Å²) in [6.07, 6.45) is 0. The van der Waals surface area contributed by atoms with Gasteiger partial charge < -0.3 is 24.6 Å². The number of anilines is 2. The maximum absolute atomic E-state index is 12.6. The van der Waals surface area contributed by atoms with E-state index in [2.05, 4.69) is 22.3 Å². The summed E-state index contributed by atoms with van der Waals surface area (Å²) in [7, 11) is 3.07. The summed E-state index contributed by atoms with van der Waals surface area (Å²) < 4.78 is 10.5. The van der Waals surface area contributed by atoms with Gasteiger partial charge in [0, 0.05) is 37.9 Å². The van der Waals surface area contributed by atoms with Gasteiger partial charge in [0.2, 0.25) is 0 Å². The first-order valence-electron chi connectivity index (χ1n) is 8.40. The van der Waals surface area contributed by atoms with Crippen LogP contribution in [0.1, 0.15) is 0 Å². The third-order valence-electron chi connectivity index (χ3n) is 4.40. The van der Waals surface area contributed by atoms with Gasteiger partial charge in [0.25, 0.3) is 0 Å². The van der Waals surface area contributed by atoms with Gasteiger partial charge in [0.1, 0.15) is 11.5 Å². The molecule has 0 aliphatic carbocycles. The van der Waals surface area contributed by atoms with Crippen molar-refractivity contribution in [2.45, 2.75) is 0 Å². The molecule has 2 aromatic carbocycles. The van der Waals surface area contributed by atoms with E-state index in [1.165, 1.54) is 19.9 Å². The monoisotopic (exact) mass is 375 g/mol. The lowest BCUT2D eigenvalue weighted by molar-refractivity contribution is 0.208. The largest absolute Gasteiger partial charge is 0.495 e. The Bertz CT molecular complexity index is 762. The Labute approximate surface area is 158 Å². The van der Waals surface area contributed by atoms with Crippen molar-refractivity contribution in [3.8, 4) is 11.5 Å². The molecule has 1 aliphatic rings. The van der Waals surface area contributed by atoms with Gasteiger partial charge in [0.05, 0.1) is 24.9 Å². The van der Waals surface area contributed by atoms with E-state index >= 15 is 0 Å². The minimum absolute atomic E-state index is 0.169. The number of carbonyl (C=O) groups excluding carboxylic acids is 1. The standard InChI is InChI=1S/C19H22ClN3O3/c1-25-17-13-18(26-2)16(12-15(17)20)21-19(24)23-10-8-22(9-11-23)14-6-4-3-5-7-14/h3-7,12-13H,8-11H2,1-2H3,(H,21,24). The van der Waals surface area contributed by atoms with Crippen molar-refractivity contribution >= 4 is 29.0 Å². The molecule has 2 amide bonds. The number of nitrogens with zero attached hydrogens (tertiary/aromatic N) is 2. The molecule has 3 rings (SSSR count). The third kappa shape index (κ3) is 3.96. The average molecular weight is 376 g/mol. The van der Waals surface area contributed by atoms with E-state index in [1.807, 2.05) is 18.2 Å². The van der Waals surface area contributed by atoms with Crippen LogP contribution in [0.25, 0.3) is 0 Å². The van der Waals surface area contributed by atoms with Crippen LogP contribution in [0.2, 0.25) is 5.02 Å². The molecule has 6 nitrogen and oxygen atoms in total. The smallest absolute Gasteiger partial charge is 0.322 e. The molecule has 1 N–H and O–H groups in total. The zero-order chi connectivity index (χ0) is 18.5. The lowest BCUT2D eigenvalue weighted by Crippen LogP contribution is -2.50. The Morgan fingerprint density at radius 3 is 2.27 bits per heavy atom. The Morgan fingerprint density at radius 2 is 1.65 bits per heavy atom. The zero-order valence-electron chi connectivity index (χ0n) is 14.9. The minimum atomic E-state index is -0.169. The SMILES string of the molecule is COc1cc(OC)c(NC(=O)N2CCN(c3ccccc3)CC2)cc1Cl. The summed E-state index contributed by atoms with van der Waals surface area (Å²) in [5.41, 5.74) is 1.70. The third-order valence-corrected chi connectivity index (χ3v) is 4.70. The summed E-state index contributed by atoms with van der Waals surface area (Å²) in [6, 6.07) is 13.3. The lowest BCUT2D eigenvalue weighted by atomic mass is 10.2. The molecule has 0 aromatic heterocycles. The molecule has 138 valence electrons. The number of para-hydroxylation sites is 1. The second-order valence-corrected chi connectivity index (χ2v) is 6.33. The fourth-order valence-corrected chi connectivity index (χ4v) is 3.20. The summed E-state index contributed by atoms with van der Waals surface area (Å²) in [4.78, 5) is 16.7. The molecule has 0 bridgehead atoms. The van der Waals surface area contributed by atoms with E-state index in [4.69, 9.17) is 21.1 Å². The number of carbonyl (C=O) groups is 1. The minimum Gasteiger partial charge on any atom is -0.495 e. The highest BCUT2D eigenvalue weighted by Gasteiger charge is 2.22. The topological polar surface area (TPSA) is 54.0 Å². The summed E-state index contributed by atoms with van der Waals surface area (Å²) in [6.45, 7) is 2.87. The molecule has 2 aromatic rings. The van der Waals surface area contributed by atoms with Gasteiger partial charge in [-0.3, -0.25) is 0 Å². The first-order valence-corrected chi connectivity index (χ1v) is 8.77. The second kappa shape index (κ2) is 8.19. The summed E-state index contributed by atoms with van der Waals surface area (Å²) in [5, 5.41) is 3.30. The number of methoxy groups -OCH3 is 2. The van der Waals surface area contributed by atoms with Crippen LogP contribution >= 0.6 is 11.6 Å². The van der Waals surface area contributed by atoms with Crippen molar-refractivity contribution in [3.63, 3.8) is 0 Å². The van der Waals surface area contributed by atoms with E-state index in [1.54, 1.807) is 17.0 Å². The quantitative estimate of drug-likeness (QED) is 0.885. The predicted octanol–water partition coefficient (Wildman–Crippen LogP) is 3.71. The fourth-order valence-electron chi connectivity index (χ4n) is 2.96. The van der Waals surface area contributed by atoms with Crippen molar-refractivity contribution < 1.29 is 14.3 Å².